The summed E-state index contributed by atoms with van der Waals surface area (Å²) in [5, 5.41) is 9.09. The summed E-state index contributed by atoms with van der Waals surface area (Å²) >= 11 is 0. The van der Waals surface area contributed by atoms with Crippen LogP contribution < -0.4 is 4.90 Å². The van der Waals surface area contributed by atoms with Gasteiger partial charge in [-0.2, -0.15) is 0 Å². The molecule has 0 radical (unpaired) electrons. The quantitative estimate of drug-likeness (QED) is 0.910. The van der Waals surface area contributed by atoms with Crippen molar-refractivity contribution < 1.29 is 14.3 Å². The number of hydrogen-bond donors (Lipinski definition) is 1. The highest BCUT2D eigenvalue weighted by Crippen LogP contribution is 2.34. The first-order valence-electron chi connectivity index (χ1n) is 6.61. The fraction of sp³-hybridized carbons (Fsp3) is 0.533. The Morgan fingerprint density at radius 1 is 1.47 bits per heavy atom. The normalized spacial score (nSPS) is 23.1. The van der Waals surface area contributed by atoms with Gasteiger partial charge >= 0.3 is 5.97 Å². The van der Waals surface area contributed by atoms with Gasteiger partial charge in [-0.25, -0.2) is 9.18 Å². The predicted molar refractivity (Wildman–Crippen MR) is 73.8 cm³/mol. The third-order valence-electron chi connectivity index (χ3n) is 3.66. The minimum atomic E-state index is -1.19. The molecule has 0 saturated carbocycles. The molecule has 1 aliphatic rings. The number of benzene rings is 1. The van der Waals surface area contributed by atoms with Gasteiger partial charge in [0.1, 0.15) is 5.67 Å². The average Bonchev–Trinajstić information content (AvgIpc) is 2.68. The maximum Gasteiger partial charge on any atom is 0.335 e. The molecule has 0 bridgehead atoms. The molecule has 0 aliphatic carbocycles. The summed E-state index contributed by atoms with van der Waals surface area (Å²) in [6.07, 6.45) is 0.488. The molecule has 1 heterocycles. The van der Waals surface area contributed by atoms with Crippen molar-refractivity contribution in [3.63, 3.8) is 0 Å². The maximum atomic E-state index is 14.0. The van der Waals surface area contributed by atoms with Gasteiger partial charge < -0.3 is 10.0 Å². The van der Waals surface area contributed by atoms with Gasteiger partial charge in [0, 0.05) is 18.7 Å². The van der Waals surface area contributed by atoms with Crippen molar-refractivity contribution in [1.82, 2.24) is 0 Å². The molecule has 1 aliphatic heterocycles. The lowest BCUT2D eigenvalue weighted by molar-refractivity contribution is 0.0697. The smallest absolute Gasteiger partial charge is 0.335 e. The van der Waals surface area contributed by atoms with Crippen molar-refractivity contribution in [1.29, 1.82) is 0 Å². The molecule has 1 aromatic carbocycles. The van der Waals surface area contributed by atoms with E-state index in [1.807, 2.05) is 11.0 Å². The van der Waals surface area contributed by atoms with Gasteiger partial charge in [0.2, 0.25) is 0 Å². The monoisotopic (exact) mass is 265 g/mol. The first kappa shape index (κ1) is 13.8. The van der Waals surface area contributed by atoms with Crippen LogP contribution >= 0.6 is 0 Å². The van der Waals surface area contributed by atoms with Crippen LogP contribution in [0.15, 0.2) is 18.2 Å². The van der Waals surface area contributed by atoms with Crippen LogP contribution in [0, 0.1) is 0 Å². The number of carboxylic acid groups (broad SMARTS) is 1. The summed E-state index contributed by atoms with van der Waals surface area (Å²) < 4.78 is 14.0. The second-order valence-electron chi connectivity index (χ2n) is 5.82. The number of halogens is 1. The van der Waals surface area contributed by atoms with Crippen LogP contribution in [0.3, 0.4) is 0 Å². The van der Waals surface area contributed by atoms with Gasteiger partial charge in [0.05, 0.1) is 12.1 Å². The lowest BCUT2D eigenvalue weighted by Gasteiger charge is -2.24. The van der Waals surface area contributed by atoms with Crippen molar-refractivity contribution in [2.24, 2.45) is 0 Å². The number of carboxylic acids is 1. The number of carbonyl (C=O) groups is 1. The van der Waals surface area contributed by atoms with Crippen LogP contribution in [-0.4, -0.2) is 29.8 Å². The van der Waals surface area contributed by atoms with Crippen molar-refractivity contribution in [2.45, 2.75) is 38.8 Å². The molecule has 3 nitrogen and oxygen atoms in total. The summed E-state index contributed by atoms with van der Waals surface area (Å²) in [4.78, 5) is 13.0. The van der Waals surface area contributed by atoms with Crippen molar-refractivity contribution in [3.05, 3.63) is 29.3 Å². The van der Waals surface area contributed by atoms with E-state index in [-0.39, 0.29) is 11.5 Å². The second kappa shape index (κ2) is 4.83. The van der Waals surface area contributed by atoms with Crippen molar-refractivity contribution >= 4 is 11.7 Å². The molecule has 0 spiro atoms. The molecule has 2 rings (SSSR count). The molecule has 1 atom stereocenters. The summed E-state index contributed by atoms with van der Waals surface area (Å²) in [6, 6.07) is 5.13. The van der Waals surface area contributed by atoms with E-state index in [1.54, 1.807) is 19.1 Å². The van der Waals surface area contributed by atoms with Gasteiger partial charge in [0.15, 0.2) is 0 Å². The summed E-state index contributed by atoms with van der Waals surface area (Å²) in [6.45, 7) is 6.68. The number of rotatable bonds is 3. The summed E-state index contributed by atoms with van der Waals surface area (Å²) in [5.41, 5.74) is 0.999. The van der Waals surface area contributed by atoms with Gasteiger partial charge in [-0.15, -0.1) is 0 Å². The van der Waals surface area contributed by atoms with E-state index >= 15 is 0 Å². The van der Waals surface area contributed by atoms with Gasteiger partial charge in [-0.3, -0.25) is 0 Å². The molecule has 0 aromatic heterocycles. The molecule has 19 heavy (non-hydrogen) atoms. The van der Waals surface area contributed by atoms with E-state index in [4.69, 9.17) is 5.11 Å². The third-order valence-corrected chi connectivity index (χ3v) is 3.66. The third kappa shape index (κ3) is 2.88. The maximum absolute atomic E-state index is 14.0. The lowest BCUT2D eigenvalue weighted by atomic mass is 9.98. The largest absolute Gasteiger partial charge is 0.478 e. The zero-order valence-corrected chi connectivity index (χ0v) is 11.6. The molecule has 0 amide bonds. The molecular formula is C15H20FNO2. The Morgan fingerprint density at radius 2 is 2.16 bits per heavy atom. The zero-order chi connectivity index (χ0) is 14.2. The molecule has 4 heteroatoms. The van der Waals surface area contributed by atoms with E-state index in [9.17, 15) is 9.18 Å². The lowest BCUT2D eigenvalue weighted by Crippen LogP contribution is -2.27. The van der Waals surface area contributed by atoms with Gasteiger partial charge in [0.25, 0.3) is 0 Å². The first-order chi connectivity index (χ1) is 8.80. The average molecular weight is 265 g/mol. The van der Waals surface area contributed by atoms with Crippen LogP contribution in [0.2, 0.25) is 0 Å². The molecule has 1 aromatic rings. The minimum Gasteiger partial charge on any atom is -0.478 e. The van der Waals surface area contributed by atoms with E-state index in [0.29, 0.717) is 19.5 Å². The SMILES string of the molecule is CC(C)c1ccc(C(=O)O)cc1N1CCC(C)(F)C1. The van der Waals surface area contributed by atoms with Crippen LogP contribution in [0.5, 0.6) is 0 Å². The number of nitrogens with zero attached hydrogens (tertiary/aromatic N) is 1. The number of anilines is 1. The zero-order valence-electron chi connectivity index (χ0n) is 11.6. The Hall–Kier alpha value is -1.58. The highest BCUT2D eigenvalue weighted by Gasteiger charge is 2.34. The Morgan fingerprint density at radius 3 is 2.63 bits per heavy atom. The number of hydrogen-bond acceptors (Lipinski definition) is 2. The fourth-order valence-electron chi connectivity index (χ4n) is 2.57. The van der Waals surface area contributed by atoms with E-state index in [1.165, 1.54) is 0 Å². The number of alkyl halides is 1. The van der Waals surface area contributed by atoms with Crippen LogP contribution in [0.4, 0.5) is 10.1 Å². The molecule has 104 valence electrons. The Bertz CT molecular complexity index is 497. The molecule has 1 unspecified atom stereocenters. The first-order valence-corrected chi connectivity index (χ1v) is 6.61. The topological polar surface area (TPSA) is 40.5 Å². The highest BCUT2D eigenvalue weighted by molar-refractivity contribution is 5.89. The number of aromatic carboxylic acids is 1. The van der Waals surface area contributed by atoms with Crippen LogP contribution in [-0.2, 0) is 0 Å². The molecule has 1 saturated heterocycles. The molecular weight excluding hydrogens is 245 g/mol. The van der Waals surface area contributed by atoms with E-state index in [2.05, 4.69) is 13.8 Å². The summed E-state index contributed by atoms with van der Waals surface area (Å²) in [5.74, 6) is -0.664. The van der Waals surface area contributed by atoms with E-state index in [0.717, 1.165) is 11.3 Å². The summed E-state index contributed by atoms with van der Waals surface area (Å²) in [7, 11) is 0. The van der Waals surface area contributed by atoms with Crippen molar-refractivity contribution in [3.8, 4) is 0 Å². The van der Waals surface area contributed by atoms with Crippen molar-refractivity contribution in [2.75, 3.05) is 18.0 Å². The Balaban J connectivity index is 2.41. The fourth-order valence-corrected chi connectivity index (χ4v) is 2.57. The molecule has 1 fully saturated rings. The van der Waals surface area contributed by atoms with E-state index < -0.39 is 11.6 Å². The second-order valence-corrected chi connectivity index (χ2v) is 5.82. The standard InChI is InChI=1S/C15H20FNO2/c1-10(2)12-5-4-11(14(18)19)8-13(12)17-7-6-15(3,16)9-17/h4-5,8,10H,6-7,9H2,1-3H3,(H,18,19). The Labute approximate surface area is 113 Å². The van der Waals surface area contributed by atoms with Crippen LogP contribution in [0.1, 0.15) is 49.0 Å². The molecule has 1 N–H and O–H groups in total. The minimum absolute atomic E-state index is 0.256. The van der Waals surface area contributed by atoms with Gasteiger partial charge in [-0.05, 0) is 30.5 Å². The Kier molecular flexibility index (Phi) is 3.52. The highest BCUT2D eigenvalue weighted by atomic mass is 19.1. The van der Waals surface area contributed by atoms with Crippen LogP contribution in [0.25, 0.3) is 0 Å². The predicted octanol–water partition coefficient (Wildman–Crippen LogP) is 3.45. The van der Waals surface area contributed by atoms with Gasteiger partial charge in [-0.1, -0.05) is 19.9 Å².